The maximum atomic E-state index is 13.7. The molecule has 2 aromatic rings. The Morgan fingerprint density at radius 2 is 1.77 bits per heavy atom. The maximum absolute atomic E-state index is 13.7. The lowest BCUT2D eigenvalue weighted by Gasteiger charge is -2.21. The van der Waals surface area contributed by atoms with Gasteiger partial charge in [0.25, 0.3) is 0 Å². The second kappa shape index (κ2) is 9.33. The first kappa shape index (κ1) is 19.9. The predicted molar refractivity (Wildman–Crippen MR) is 99.8 cm³/mol. The Balaban J connectivity index is 1.81. The van der Waals surface area contributed by atoms with E-state index >= 15 is 0 Å². The van der Waals surface area contributed by atoms with Gasteiger partial charge in [-0.3, -0.25) is 9.59 Å². The van der Waals surface area contributed by atoms with Crippen LogP contribution in [-0.2, 0) is 16.1 Å². The van der Waals surface area contributed by atoms with Gasteiger partial charge in [0.15, 0.2) is 0 Å². The summed E-state index contributed by atoms with van der Waals surface area (Å²) in [6.45, 7) is 1.87. The zero-order valence-electron chi connectivity index (χ0n) is 14.5. The van der Waals surface area contributed by atoms with Crippen LogP contribution >= 0.6 is 11.8 Å². The van der Waals surface area contributed by atoms with Crippen molar-refractivity contribution in [2.24, 2.45) is 0 Å². The van der Waals surface area contributed by atoms with Crippen LogP contribution in [0.1, 0.15) is 12.5 Å². The van der Waals surface area contributed by atoms with Gasteiger partial charge in [0, 0.05) is 24.8 Å². The second-order valence-corrected chi connectivity index (χ2v) is 7.12. The SMILES string of the molecule is CC(SCC(=O)Nc1ccc(F)cc1)C(=O)N(C)Cc1ccccc1F. The third-order valence-electron chi connectivity index (χ3n) is 3.68. The van der Waals surface area contributed by atoms with Gasteiger partial charge in [0.05, 0.1) is 11.0 Å². The van der Waals surface area contributed by atoms with Crippen molar-refractivity contribution < 1.29 is 18.4 Å². The average molecular weight is 378 g/mol. The molecule has 0 heterocycles. The molecule has 1 unspecified atom stereocenters. The molecule has 0 aromatic heterocycles. The number of benzene rings is 2. The Morgan fingerprint density at radius 3 is 2.42 bits per heavy atom. The first-order valence-corrected chi connectivity index (χ1v) is 9.07. The second-order valence-electron chi connectivity index (χ2n) is 5.79. The fraction of sp³-hybridized carbons (Fsp3) is 0.263. The molecule has 0 aliphatic carbocycles. The van der Waals surface area contributed by atoms with Crippen molar-refractivity contribution >= 4 is 29.3 Å². The summed E-state index contributed by atoms with van der Waals surface area (Å²) in [6.07, 6.45) is 0. The van der Waals surface area contributed by atoms with Gasteiger partial charge < -0.3 is 10.2 Å². The highest BCUT2D eigenvalue weighted by Gasteiger charge is 2.20. The van der Waals surface area contributed by atoms with Crippen LogP contribution in [0.25, 0.3) is 0 Å². The van der Waals surface area contributed by atoms with Crippen LogP contribution in [0, 0.1) is 11.6 Å². The number of rotatable bonds is 7. The van der Waals surface area contributed by atoms with Crippen LogP contribution in [0.3, 0.4) is 0 Å². The maximum Gasteiger partial charge on any atom is 0.235 e. The lowest BCUT2D eigenvalue weighted by molar-refractivity contribution is -0.129. The molecular formula is C19H20F2N2O2S. The van der Waals surface area contributed by atoms with Crippen molar-refractivity contribution in [3.8, 4) is 0 Å². The van der Waals surface area contributed by atoms with Crippen molar-refractivity contribution in [1.29, 1.82) is 0 Å². The lowest BCUT2D eigenvalue weighted by atomic mass is 10.2. The minimum atomic E-state index is -0.453. The molecule has 0 bridgehead atoms. The number of nitrogens with one attached hydrogen (secondary N) is 1. The fourth-order valence-electron chi connectivity index (χ4n) is 2.27. The first-order valence-electron chi connectivity index (χ1n) is 8.02. The Labute approximate surface area is 155 Å². The van der Waals surface area contributed by atoms with E-state index in [1.54, 1.807) is 32.2 Å². The van der Waals surface area contributed by atoms with Gasteiger partial charge in [0.1, 0.15) is 11.6 Å². The number of nitrogens with zero attached hydrogens (tertiary/aromatic N) is 1. The molecule has 7 heteroatoms. The monoisotopic (exact) mass is 378 g/mol. The van der Waals surface area contributed by atoms with Crippen molar-refractivity contribution in [2.45, 2.75) is 18.7 Å². The quantitative estimate of drug-likeness (QED) is 0.800. The van der Waals surface area contributed by atoms with E-state index in [0.29, 0.717) is 11.3 Å². The molecule has 0 aliphatic heterocycles. The molecule has 4 nitrogen and oxygen atoms in total. The summed E-state index contributed by atoms with van der Waals surface area (Å²) in [5.41, 5.74) is 0.933. The number of amides is 2. The molecule has 0 aliphatic rings. The Kier molecular flexibility index (Phi) is 7.15. The van der Waals surface area contributed by atoms with E-state index in [1.165, 1.54) is 47.0 Å². The van der Waals surface area contributed by atoms with E-state index in [1.807, 2.05) is 0 Å². The highest BCUT2D eigenvalue weighted by molar-refractivity contribution is 8.01. The molecule has 0 spiro atoms. The van der Waals surface area contributed by atoms with Gasteiger partial charge in [-0.05, 0) is 37.3 Å². The number of hydrogen-bond donors (Lipinski definition) is 1. The Hall–Kier alpha value is -2.41. The third kappa shape index (κ3) is 5.84. The zero-order valence-corrected chi connectivity index (χ0v) is 15.4. The van der Waals surface area contributed by atoms with Crippen LogP contribution in [-0.4, -0.2) is 34.8 Å². The van der Waals surface area contributed by atoms with Gasteiger partial charge in [-0.2, -0.15) is 0 Å². The first-order chi connectivity index (χ1) is 12.4. The van der Waals surface area contributed by atoms with Crippen molar-refractivity contribution in [3.63, 3.8) is 0 Å². The minimum absolute atomic E-state index is 0.0812. The van der Waals surface area contributed by atoms with Crippen LogP contribution in [0.4, 0.5) is 14.5 Å². The van der Waals surface area contributed by atoms with Crippen molar-refractivity contribution in [3.05, 3.63) is 65.7 Å². The lowest BCUT2D eigenvalue weighted by Crippen LogP contribution is -2.33. The number of halogens is 2. The number of carbonyl (C=O) groups is 2. The highest BCUT2D eigenvalue weighted by Crippen LogP contribution is 2.16. The normalized spacial score (nSPS) is 11.7. The summed E-state index contributed by atoms with van der Waals surface area (Å²) in [5.74, 6) is -1.12. The number of hydrogen-bond acceptors (Lipinski definition) is 3. The topological polar surface area (TPSA) is 49.4 Å². The molecule has 138 valence electrons. The van der Waals surface area contributed by atoms with Crippen LogP contribution in [0.2, 0.25) is 0 Å². The summed E-state index contributed by atoms with van der Waals surface area (Å²) in [7, 11) is 1.60. The van der Waals surface area contributed by atoms with Gasteiger partial charge >= 0.3 is 0 Å². The van der Waals surface area contributed by atoms with E-state index in [4.69, 9.17) is 0 Å². The molecule has 0 fully saturated rings. The molecule has 2 amide bonds. The minimum Gasteiger partial charge on any atom is -0.340 e. The van der Waals surface area contributed by atoms with Gasteiger partial charge in [-0.1, -0.05) is 18.2 Å². The molecule has 0 saturated heterocycles. The van der Waals surface area contributed by atoms with Crippen molar-refractivity contribution in [1.82, 2.24) is 4.90 Å². The summed E-state index contributed by atoms with van der Waals surface area (Å²) in [5, 5.41) is 2.19. The highest BCUT2D eigenvalue weighted by atomic mass is 32.2. The molecule has 0 saturated carbocycles. The molecular weight excluding hydrogens is 358 g/mol. The van der Waals surface area contributed by atoms with Gasteiger partial charge in [0.2, 0.25) is 11.8 Å². The summed E-state index contributed by atoms with van der Waals surface area (Å²) in [6, 6.07) is 11.7. The zero-order chi connectivity index (χ0) is 19.1. The van der Waals surface area contributed by atoms with E-state index < -0.39 is 5.25 Å². The van der Waals surface area contributed by atoms with E-state index in [0.717, 1.165) is 0 Å². The summed E-state index contributed by atoms with van der Waals surface area (Å²) < 4.78 is 26.5. The largest absolute Gasteiger partial charge is 0.340 e. The smallest absolute Gasteiger partial charge is 0.235 e. The molecule has 0 radical (unpaired) electrons. The van der Waals surface area contributed by atoms with E-state index in [9.17, 15) is 18.4 Å². The Bertz CT molecular complexity index is 768. The number of carbonyl (C=O) groups excluding carboxylic acids is 2. The standard InChI is InChI=1S/C19H20F2N2O2S/c1-13(19(25)23(2)11-14-5-3-4-6-17(14)21)26-12-18(24)22-16-9-7-15(20)8-10-16/h3-10,13H,11-12H2,1-2H3,(H,22,24). The van der Waals surface area contributed by atoms with Crippen LogP contribution in [0.15, 0.2) is 48.5 Å². The van der Waals surface area contributed by atoms with Crippen LogP contribution < -0.4 is 5.32 Å². The number of anilines is 1. The molecule has 26 heavy (non-hydrogen) atoms. The molecule has 2 rings (SSSR count). The Morgan fingerprint density at radius 1 is 1.12 bits per heavy atom. The average Bonchev–Trinajstić information content (AvgIpc) is 2.63. The van der Waals surface area contributed by atoms with E-state index in [2.05, 4.69) is 5.32 Å². The summed E-state index contributed by atoms with van der Waals surface area (Å²) >= 11 is 1.19. The fourth-order valence-corrected chi connectivity index (χ4v) is 3.07. The summed E-state index contributed by atoms with van der Waals surface area (Å²) in [4.78, 5) is 25.7. The van der Waals surface area contributed by atoms with Gasteiger partial charge in [-0.15, -0.1) is 11.8 Å². The molecule has 2 aromatic carbocycles. The third-order valence-corrected chi connectivity index (χ3v) is 4.81. The molecule has 1 atom stereocenters. The predicted octanol–water partition coefficient (Wildman–Crippen LogP) is 3.68. The van der Waals surface area contributed by atoms with Crippen LogP contribution in [0.5, 0.6) is 0 Å². The van der Waals surface area contributed by atoms with Gasteiger partial charge in [-0.25, -0.2) is 8.78 Å². The van der Waals surface area contributed by atoms with Crippen molar-refractivity contribution in [2.75, 3.05) is 18.1 Å². The number of thioether (sulfide) groups is 1. The molecule has 1 N–H and O–H groups in total. The van der Waals surface area contributed by atoms with E-state index in [-0.39, 0.29) is 35.7 Å².